The van der Waals surface area contributed by atoms with Crippen LogP contribution in [0.3, 0.4) is 0 Å². The SMILES string of the molecule is O=[C]c1ccc2cc(C(=O)OCc3ccccc3)ccc2c1C(=O)c1ccc2cc(C(=O)O)ccc2c1. The standard InChI is InChI=1S/C31H19O6/c32-17-26-11-8-22-16-25(31(36)37-18-19-4-2-1-3-5-19)12-13-27(22)28(26)29(33)23-9-6-21-15-24(30(34)35)10-7-20(21)14-23/h1-16H,18H2,(H,34,35). The van der Waals surface area contributed by atoms with Crippen LogP contribution in [0.4, 0.5) is 0 Å². The van der Waals surface area contributed by atoms with E-state index in [9.17, 15) is 24.3 Å². The van der Waals surface area contributed by atoms with E-state index in [1.807, 2.05) is 36.6 Å². The fourth-order valence-corrected chi connectivity index (χ4v) is 4.26. The monoisotopic (exact) mass is 487 g/mol. The molecular weight excluding hydrogens is 468 g/mol. The summed E-state index contributed by atoms with van der Waals surface area (Å²) >= 11 is 0. The van der Waals surface area contributed by atoms with E-state index in [-0.39, 0.29) is 29.1 Å². The van der Waals surface area contributed by atoms with Gasteiger partial charge in [0.05, 0.1) is 11.1 Å². The zero-order valence-corrected chi connectivity index (χ0v) is 19.4. The Morgan fingerprint density at radius 1 is 0.703 bits per heavy atom. The van der Waals surface area contributed by atoms with Crippen molar-refractivity contribution < 1.29 is 29.0 Å². The third-order valence-corrected chi connectivity index (χ3v) is 6.15. The molecule has 1 N–H and O–H groups in total. The lowest BCUT2D eigenvalue weighted by Gasteiger charge is -2.11. The zero-order chi connectivity index (χ0) is 25.9. The number of carbonyl (C=O) groups excluding carboxylic acids is 3. The second kappa shape index (κ2) is 9.87. The maximum absolute atomic E-state index is 13.6. The van der Waals surface area contributed by atoms with Gasteiger partial charge in [-0.25, -0.2) is 9.59 Å². The van der Waals surface area contributed by atoms with E-state index in [1.54, 1.807) is 48.5 Å². The molecule has 0 fully saturated rings. The number of ketones is 1. The molecule has 0 saturated heterocycles. The summed E-state index contributed by atoms with van der Waals surface area (Å²) in [6.07, 6.45) is 1.84. The molecule has 0 bridgehead atoms. The Hall–Kier alpha value is -5.10. The van der Waals surface area contributed by atoms with Crippen LogP contribution in [-0.4, -0.2) is 29.1 Å². The lowest BCUT2D eigenvalue weighted by Crippen LogP contribution is -2.08. The summed E-state index contributed by atoms with van der Waals surface area (Å²) in [7, 11) is 0. The molecule has 6 heteroatoms. The van der Waals surface area contributed by atoms with Crippen molar-refractivity contribution >= 4 is 45.6 Å². The predicted octanol–water partition coefficient (Wildman–Crippen LogP) is 5.74. The minimum absolute atomic E-state index is 0.109. The smallest absolute Gasteiger partial charge is 0.338 e. The lowest BCUT2D eigenvalue weighted by atomic mass is 9.91. The number of aromatic carboxylic acids is 1. The molecule has 37 heavy (non-hydrogen) atoms. The molecule has 0 aliphatic rings. The van der Waals surface area contributed by atoms with Gasteiger partial charge in [0.1, 0.15) is 6.61 Å². The maximum Gasteiger partial charge on any atom is 0.338 e. The van der Waals surface area contributed by atoms with E-state index in [2.05, 4.69) is 0 Å². The maximum atomic E-state index is 13.6. The molecule has 0 spiro atoms. The zero-order valence-electron chi connectivity index (χ0n) is 19.4. The highest BCUT2D eigenvalue weighted by atomic mass is 16.5. The number of carbonyl (C=O) groups is 3. The Balaban J connectivity index is 1.49. The van der Waals surface area contributed by atoms with Gasteiger partial charge in [0.15, 0.2) is 5.78 Å². The van der Waals surface area contributed by atoms with Gasteiger partial charge >= 0.3 is 11.9 Å². The molecule has 0 atom stereocenters. The third kappa shape index (κ3) is 4.73. The van der Waals surface area contributed by atoms with Crippen molar-refractivity contribution in [1.82, 2.24) is 0 Å². The van der Waals surface area contributed by atoms with Crippen LogP contribution >= 0.6 is 0 Å². The number of hydrogen-bond acceptors (Lipinski definition) is 5. The fourth-order valence-electron chi connectivity index (χ4n) is 4.26. The summed E-state index contributed by atoms with van der Waals surface area (Å²) in [6, 6.07) is 26.9. The van der Waals surface area contributed by atoms with Gasteiger partial charge in [0, 0.05) is 16.7 Å². The first-order valence-corrected chi connectivity index (χ1v) is 11.4. The molecule has 0 aromatic heterocycles. The Bertz CT molecular complexity index is 1700. The second-order valence-electron chi connectivity index (χ2n) is 8.50. The minimum atomic E-state index is -1.03. The van der Waals surface area contributed by atoms with Crippen LogP contribution in [0.25, 0.3) is 21.5 Å². The molecule has 6 nitrogen and oxygen atoms in total. The first-order chi connectivity index (χ1) is 17.9. The summed E-state index contributed by atoms with van der Waals surface area (Å²) in [4.78, 5) is 49.2. The molecule has 5 aromatic rings. The van der Waals surface area contributed by atoms with Gasteiger partial charge in [-0.15, -0.1) is 0 Å². The molecule has 5 aromatic carbocycles. The molecule has 0 amide bonds. The second-order valence-corrected chi connectivity index (χ2v) is 8.50. The summed E-state index contributed by atoms with van der Waals surface area (Å²) in [5, 5.41) is 11.7. The molecule has 0 aliphatic heterocycles. The summed E-state index contributed by atoms with van der Waals surface area (Å²) in [5.41, 5.74) is 1.97. The van der Waals surface area contributed by atoms with Crippen molar-refractivity contribution in [2.45, 2.75) is 6.61 Å². The summed E-state index contributed by atoms with van der Waals surface area (Å²) in [5.74, 6) is -1.92. The third-order valence-electron chi connectivity index (χ3n) is 6.15. The van der Waals surface area contributed by atoms with E-state index in [1.165, 1.54) is 18.2 Å². The van der Waals surface area contributed by atoms with Crippen LogP contribution in [0.2, 0.25) is 0 Å². The van der Waals surface area contributed by atoms with Gasteiger partial charge in [-0.1, -0.05) is 60.7 Å². The van der Waals surface area contributed by atoms with Crippen LogP contribution in [0.5, 0.6) is 0 Å². The summed E-state index contributed by atoms with van der Waals surface area (Å²) < 4.78 is 5.41. The van der Waals surface area contributed by atoms with E-state index in [4.69, 9.17) is 4.74 Å². The number of rotatable bonds is 7. The Morgan fingerprint density at radius 2 is 1.32 bits per heavy atom. The van der Waals surface area contributed by atoms with Gasteiger partial charge in [-0.05, 0) is 63.5 Å². The van der Waals surface area contributed by atoms with Gasteiger partial charge in [-0.3, -0.25) is 9.59 Å². The highest BCUT2D eigenvalue weighted by Gasteiger charge is 2.19. The molecule has 0 unspecified atom stereocenters. The number of fused-ring (bicyclic) bond motifs is 2. The highest BCUT2D eigenvalue weighted by molar-refractivity contribution is 6.21. The van der Waals surface area contributed by atoms with Crippen LogP contribution in [-0.2, 0) is 16.1 Å². The van der Waals surface area contributed by atoms with Gasteiger partial charge in [-0.2, -0.15) is 0 Å². The topological polar surface area (TPSA) is 97.7 Å². The minimum Gasteiger partial charge on any atom is -0.478 e. The Labute approximate surface area is 211 Å². The van der Waals surface area contributed by atoms with Crippen LogP contribution in [0, 0.1) is 0 Å². The Morgan fingerprint density at radius 3 is 2.03 bits per heavy atom. The number of hydrogen-bond donors (Lipinski definition) is 1. The van der Waals surface area contributed by atoms with Crippen LogP contribution < -0.4 is 0 Å². The van der Waals surface area contributed by atoms with Crippen molar-refractivity contribution in [1.29, 1.82) is 0 Å². The van der Waals surface area contributed by atoms with Crippen LogP contribution in [0.15, 0.2) is 97.1 Å². The van der Waals surface area contributed by atoms with E-state index >= 15 is 0 Å². The molecular formula is C31H19O6. The molecule has 0 saturated carbocycles. The number of carboxylic acids is 1. The number of benzene rings is 5. The Kier molecular flexibility index (Phi) is 6.31. The lowest BCUT2D eigenvalue weighted by molar-refractivity contribution is 0.0472. The predicted molar refractivity (Wildman–Crippen MR) is 139 cm³/mol. The van der Waals surface area contributed by atoms with E-state index in [0.29, 0.717) is 32.7 Å². The molecule has 1 radical (unpaired) electrons. The van der Waals surface area contributed by atoms with E-state index in [0.717, 1.165) is 5.56 Å². The average Bonchev–Trinajstić information content (AvgIpc) is 2.94. The average molecular weight is 487 g/mol. The molecule has 5 rings (SSSR count). The summed E-state index contributed by atoms with van der Waals surface area (Å²) in [6.45, 7) is 0.135. The van der Waals surface area contributed by atoms with E-state index < -0.39 is 11.9 Å². The first kappa shape index (κ1) is 23.6. The number of carboxylic acid groups (broad SMARTS) is 1. The molecule has 0 aliphatic carbocycles. The largest absolute Gasteiger partial charge is 0.478 e. The van der Waals surface area contributed by atoms with Gasteiger partial charge in [0.2, 0.25) is 6.29 Å². The highest BCUT2D eigenvalue weighted by Crippen LogP contribution is 2.28. The normalized spacial score (nSPS) is 10.8. The van der Waals surface area contributed by atoms with Crippen LogP contribution in [0.1, 0.15) is 47.8 Å². The van der Waals surface area contributed by atoms with Gasteiger partial charge in [0.25, 0.3) is 0 Å². The molecule has 179 valence electrons. The van der Waals surface area contributed by atoms with Crippen molar-refractivity contribution in [3.05, 3.63) is 130 Å². The van der Waals surface area contributed by atoms with Crippen molar-refractivity contribution in [2.24, 2.45) is 0 Å². The van der Waals surface area contributed by atoms with Crippen molar-refractivity contribution in [3.63, 3.8) is 0 Å². The number of esters is 1. The fraction of sp³-hybridized carbons (Fsp3) is 0.0323. The van der Waals surface area contributed by atoms with Crippen molar-refractivity contribution in [3.8, 4) is 0 Å². The number of ether oxygens (including phenoxy) is 1. The van der Waals surface area contributed by atoms with Gasteiger partial charge < -0.3 is 9.84 Å². The first-order valence-electron chi connectivity index (χ1n) is 11.4. The molecule has 0 heterocycles. The van der Waals surface area contributed by atoms with Crippen molar-refractivity contribution in [2.75, 3.05) is 0 Å². The quantitative estimate of drug-likeness (QED) is 0.232.